The van der Waals surface area contributed by atoms with Crippen molar-refractivity contribution in [3.63, 3.8) is 0 Å². The zero-order valence-electron chi connectivity index (χ0n) is 9.70. The second-order valence-electron chi connectivity index (χ2n) is 4.74. The maximum absolute atomic E-state index is 8.88. The van der Waals surface area contributed by atoms with E-state index in [1.165, 1.54) is 12.8 Å². The zero-order chi connectivity index (χ0) is 11.6. The molecule has 0 atom stereocenters. The molecule has 0 bridgehead atoms. The first kappa shape index (κ1) is 10.9. The Morgan fingerprint density at radius 2 is 2.12 bits per heavy atom. The largest absolute Gasteiger partial charge is 0.367 e. The minimum atomic E-state index is 0.377. The average molecular weight is 216 g/mol. The van der Waals surface area contributed by atoms with Gasteiger partial charge in [-0.05, 0) is 24.2 Å². The van der Waals surface area contributed by atoms with Gasteiger partial charge in [0.25, 0.3) is 0 Å². The van der Waals surface area contributed by atoms with E-state index in [1.54, 1.807) is 12.4 Å². The van der Waals surface area contributed by atoms with E-state index in [0.29, 0.717) is 22.8 Å². The fraction of sp³-hybridized carbons (Fsp3) is 0.583. The number of hydrogen-bond donors (Lipinski definition) is 1. The summed E-state index contributed by atoms with van der Waals surface area (Å²) in [5.41, 5.74) is 0.784. The number of anilines is 1. The molecule has 0 radical (unpaired) electrons. The standard InChI is InChI=1S/C12H16N4/c1-9(2)12(3-4-12)8-16-11-10(7-13)14-5-6-15-11/h5-6,9H,3-4,8H2,1-2H3,(H,15,16). The molecule has 0 saturated heterocycles. The van der Waals surface area contributed by atoms with Crippen molar-refractivity contribution in [2.24, 2.45) is 11.3 Å². The van der Waals surface area contributed by atoms with E-state index >= 15 is 0 Å². The lowest BCUT2D eigenvalue weighted by Gasteiger charge is -2.20. The van der Waals surface area contributed by atoms with Crippen molar-refractivity contribution in [3.05, 3.63) is 18.1 Å². The van der Waals surface area contributed by atoms with E-state index < -0.39 is 0 Å². The molecule has 1 aromatic heterocycles. The van der Waals surface area contributed by atoms with Gasteiger partial charge >= 0.3 is 0 Å². The molecular weight excluding hydrogens is 200 g/mol. The predicted molar refractivity (Wildman–Crippen MR) is 61.7 cm³/mol. The monoisotopic (exact) mass is 216 g/mol. The van der Waals surface area contributed by atoms with Crippen LogP contribution >= 0.6 is 0 Å². The van der Waals surface area contributed by atoms with Crippen molar-refractivity contribution < 1.29 is 0 Å². The molecule has 1 heterocycles. The van der Waals surface area contributed by atoms with Crippen molar-refractivity contribution >= 4 is 5.82 Å². The van der Waals surface area contributed by atoms with Gasteiger partial charge in [0.15, 0.2) is 11.5 Å². The van der Waals surface area contributed by atoms with Gasteiger partial charge in [-0.25, -0.2) is 9.97 Å². The molecule has 1 saturated carbocycles. The predicted octanol–water partition coefficient (Wildman–Crippen LogP) is 2.20. The minimum Gasteiger partial charge on any atom is -0.367 e. The number of nitrogens with zero attached hydrogens (tertiary/aromatic N) is 3. The van der Waals surface area contributed by atoms with Gasteiger partial charge in [-0.3, -0.25) is 0 Å². The quantitative estimate of drug-likeness (QED) is 0.838. The summed E-state index contributed by atoms with van der Waals surface area (Å²) in [6.45, 7) is 5.38. The van der Waals surface area contributed by atoms with E-state index in [-0.39, 0.29) is 0 Å². The molecule has 0 aromatic carbocycles. The second-order valence-corrected chi connectivity index (χ2v) is 4.74. The second kappa shape index (κ2) is 4.09. The smallest absolute Gasteiger partial charge is 0.182 e. The van der Waals surface area contributed by atoms with Crippen LogP contribution < -0.4 is 5.32 Å². The number of nitriles is 1. The van der Waals surface area contributed by atoms with Crippen LogP contribution in [-0.2, 0) is 0 Å². The molecule has 2 rings (SSSR count). The van der Waals surface area contributed by atoms with Crippen molar-refractivity contribution in [2.75, 3.05) is 11.9 Å². The van der Waals surface area contributed by atoms with Crippen LogP contribution in [0.25, 0.3) is 0 Å². The summed E-state index contributed by atoms with van der Waals surface area (Å²) in [6, 6.07) is 2.05. The van der Waals surface area contributed by atoms with Crippen molar-refractivity contribution in [3.8, 4) is 6.07 Å². The van der Waals surface area contributed by atoms with Crippen LogP contribution in [-0.4, -0.2) is 16.5 Å². The molecule has 1 fully saturated rings. The Balaban J connectivity index is 2.03. The normalized spacial score (nSPS) is 16.9. The Kier molecular flexibility index (Phi) is 2.78. The molecule has 1 aliphatic rings. The third-order valence-corrected chi connectivity index (χ3v) is 3.53. The maximum Gasteiger partial charge on any atom is 0.182 e. The summed E-state index contributed by atoms with van der Waals surface area (Å²) in [6.07, 6.45) is 5.68. The summed E-state index contributed by atoms with van der Waals surface area (Å²) in [4.78, 5) is 8.12. The maximum atomic E-state index is 8.88. The van der Waals surface area contributed by atoms with Crippen LogP contribution in [0.4, 0.5) is 5.82 Å². The van der Waals surface area contributed by atoms with Crippen LogP contribution in [0.3, 0.4) is 0 Å². The molecule has 1 aliphatic carbocycles. The first-order chi connectivity index (χ1) is 7.68. The van der Waals surface area contributed by atoms with Gasteiger partial charge in [0.1, 0.15) is 6.07 Å². The van der Waals surface area contributed by atoms with Crippen molar-refractivity contribution in [1.82, 2.24) is 9.97 Å². The van der Waals surface area contributed by atoms with E-state index in [0.717, 1.165) is 6.54 Å². The van der Waals surface area contributed by atoms with Crippen LogP contribution in [0.2, 0.25) is 0 Å². The Morgan fingerprint density at radius 3 is 2.69 bits per heavy atom. The molecule has 4 nitrogen and oxygen atoms in total. The van der Waals surface area contributed by atoms with E-state index in [2.05, 4.69) is 29.1 Å². The topological polar surface area (TPSA) is 61.6 Å². The Labute approximate surface area is 95.7 Å². The molecule has 0 unspecified atom stereocenters. The highest BCUT2D eigenvalue weighted by molar-refractivity contribution is 5.47. The van der Waals surface area contributed by atoms with E-state index in [4.69, 9.17) is 5.26 Å². The first-order valence-corrected chi connectivity index (χ1v) is 5.63. The summed E-state index contributed by atoms with van der Waals surface area (Å²) in [7, 11) is 0. The van der Waals surface area contributed by atoms with Crippen molar-refractivity contribution in [1.29, 1.82) is 5.26 Å². The number of aromatic nitrogens is 2. The van der Waals surface area contributed by atoms with Gasteiger partial charge in [-0.2, -0.15) is 5.26 Å². The summed E-state index contributed by atoms with van der Waals surface area (Å²) in [5.74, 6) is 1.28. The molecule has 0 spiro atoms. The fourth-order valence-electron chi connectivity index (χ4n) is 1.93. The van der Waals surface area contributed by atoms with Gasteiger partial charge in [-0.1, -0.05) is 13.8 Å². The number of nitrogens with one attached hydrogen (secondary N) is 1. The number of rotatable bonds is 4. The third kappa shape index (κ3) is 1.99. The summed E-state index contributed by atoms with van der Waals surface area (Å²) in [5, 5.41) is 12.1. The molecule has 84 valence electrons. The Bertz CT molecular complexity index is 415. The highest BCUT2D eigenvalue weighted by atomic mass is 15.0. The Hall–Kier alpha value is -1.63. The third-order valence-electron chi connectivity index (χ3n) is 3.53. The van der Waals surface area contributed by atoms with Crippen LogP contribution in [0.5, 0.6) is 0 Å². The van der Waals surface area contributed by atoms with Crippen LogP contribution in [0.1, 0.15) is 32.4 Å². The summed E-state index contributed by atoms with van der Waals surface area (Å²) >= 11 is 0. The van der Waals surface area contributed by atoms with Crippen molar-refractivity contribution in [2.45, 2.75) is 26.7 Å². The van der Waals surface area contributed by atoms with Gasteiger partial charge < -0.3 is 5.32 Å². The molecular formula is C12H16N4. The summed E-state index contributed by atoms with van der Waals surface area (Å²) < 4.78 is 0. The molecule has 16 heavy (non-hydrogen) atoms. The lowest BCUT2D eigenvalue weighted by Crippen LogP contribution is -2.21. The molecule has 1 N–H and O–H groups in total. The first-order valence-electron chi connectivity index (χ1n) is 5.63. The van der Waals surface area contributed by atoms with E-state index in [1.807, 2.05) is 6.07 Å². The van der Waals surface area contributed by atoms with Gasteiger partial charge in [0, 0.05) is 18.9 Å². The van der Waals surface area contributed by atoms with Gasteiger partial charge in [-0.15, -0.1) is 0 Å². The van der Waals surface area contributed by atoms with Crippen LogP contribution in [0.15, 0.2) is 12.4 Å². The average Bonchev–Trinajstić information content (AvgIpc) is 3.08. The highest BCUT2D eigenvalue weighted by Gasteiger charge is 2.45. The van der Waals surface area contributed by atoms with E-state index in [9.17, 15) is 0 Å². The molecule has 0 aliphatic heterocycles. The SMILES string of the molecule is CC(C)C1(CNc2nccnc2C#N)CC1. The zero-order valence-corrected chi connectivity index (χ0v) is 9.70. The van der Waals surface area contributed by atoms with Crippen LogP contribution in [0, 0.1) is 22.7 Å². The number of hydrogen-bond acceptors (Lipinski definition) is 4. The lowest BCUT2D eigenvalue weighted by molar-refractivity contribution is 0.380. The van der Waals surface area contributed by atoms with Gasteiger partial charge in [0.05, 0.1) is 0 Å². The Morgan fingerprint density at radius 1 is 1.44 bits per heavy atom. The fourth-order valence-corrected chi connectivity index (χ4v) is 1.93. The molecule has 0 amide bonds. The highest BCUT2D eigenvalue weighted by Crippen LogP contribution is 2.51. The molecule has 1 aromatic rings. The van der Waals surface area contributed by atoms with Gasteiger partial charge in [0.2, 0.25) is 0 Å². The lowest BCUT2D eigenvalue weighted by atomic mass is 9.92. The minimum absolute atomic E-state index is 0.377. The molecule has 4 heteroatoms.